The van der Waals surface area contributed by atoms with Crippen molar-refractivity contribution in [1.29, 1.82) is 21.6 Å². The molecule has 0 aliphatic heterocycles. The van der Waals surface area contributed by atoms with Crippen LogP contribution in [0.5, 0.6) is 5.75 Å². The van der Waals surface area contributed by atoms with E-state index in [4.69, 9.17) is 26.4 Å². The summed E-state index contributed by atoms with van der Waals surface area (Å²) in [6.07, 6.45) is 3.34. The summed E-state index contributed by atoms with van der Waals surface area (Å²) >= 11 is 0. The number of benzene rings is 2. The van der Waals surface area contributed by atoms with Crippen LogP contribution in [0.2, 0.25) is 0 Å². The van der Waals surface area contributed by atoms with Crippen molar-refractivity contribution in [2.24, 2.45) is 0 Å². The molecule has 4 rings (SSSR count). The van der Waals surface area contributed by atoms with Gasteiger partial charge in [0.2, 0.25) is 0 Å². The molecule has 2 aromatic heterocycles. The number of hydrogen-bond donors (Lipinski definition) is 4. The molecule has 0 amide bonds. The number of aromatic nitrogens is 2. The molecule has 0 bridgehead atoms. The van der Waals surface area contributed by atoms with Crippen LogP contribution < -0.4 is 15.9 Å². The summed E-state index contributed by atoms with van der Waals surface area (Å²) in [5, 5.41) is 33.6. The van der Waals surface area contributed by atoms with Crippen LogP contribution in [-0.2, 0) is 6.42 Å². The number of rotatable bonds is 11. The Morgan fingerprint density at radius 1 is 0.721 bits per heavy atom. The normalized spacial score (nSPS) is 12.3. The van der Waals surface area contributed by atoms with Gasteiger partial charge in [-0.2, -0.15) is 0 Å². The maximum absolute atomic E-state index is 13.5. The van der Waals surface area contributed by atoms with E-state index < -0.39 is 17.7 Å². The van der Waals surface area contributed by atoms with Gasteiger partial charge in [0.1, 0.15) is 11.6 Å². The van der Waals surface area contributed by atoms with Crippen molar-refractivity contribution >= 4 is 22.8 Å². The third-order valence-corrected chi connectivity index (χ3v) is 7.22. The number of nitrogens with one attached hydrogen (secondary N) is 4. The van der Waals surface area contributed by atoms with Crippen LogP contribution in [0.3, 0.4) is 0 Å². The minimum absolute atomic E-state index is 0.136. The minimum atomic E-state index is -0.721. The van der Waals surface area contributed by atoms with Crippen LogP contribution >= 0.6 is 0 Å². The van der Waals surface area contributed by atoms with Crippen LogP contribution in [0, 0.1) is 27.5 Å². The number of pyridine rings is 2. The molecule has 0 aliphatic carbocycles. The van der Waals surface area contributed by atoms with Crippen LogP contribution in [0.15, 0.2) is 88.7 Å². The molecule has 2 heterocycles. The highest BCUT2D eigenvalue weighted by Gasteiger charge is 2.23. The quantitative estimate of drug-likeness (QED) is 0.169. The third kappa shape index (κ3) is 6.64. The largest absolute Gasteiger partial charge is 0.496 e. The Morgan fingerprint density at radius 2 is 1.21 bits per heavy atom. The number of hydrogen-bond acceptors (Lipinski definition) is 7. The van der Waals surface area contributed by atoms with Crippen molar-refractivity contribution in [1.82, 2.24) is 9.13 Å². The molecule has 43 heavy (non-hydrogen) atoms. The molecule has 10 heteroatoms. The molecule has 9 nitrogen and oxygen atoms in total. The SMILES string of the molecule is COc1cc(-n2cc(C(C(C)=N)C(C)=N)ccc2=O)ccc1CC(=N)C(C(C)=N)c1ccc(=O)n(-c2ccc(F)cc2)c1. The molecule has 0 saturated heterocycles. The lowest BCUT2D eigenvalue weighted by Gasteiger charge is -2.20. The van der Waals surface area contributed by atoms with Crippen LogP contribution in [0.4, 0.5) is 4.39 Å². The minimum Gasteiger partial charge on any atom is -0.496 e. The predicted molar refractivity (Wildman–Crippen MR) is 168 cm³/mol. The molecule has 220 valence electrons. The van der Waals surface area contributed by atoms with Crippen molar-refractivity contribution in [2.75, 3.05) is 7.11 Å². The zero-order valence-corrected chi connectivity index (χ0v) is 24.4. The maximum atomic E-state index is 13.5. The van der Waals surface area contributed by atoms with E-state index >= 15 is 0 Å². The van der Waals surface area contributed by atoms with Crippen LogP contribution in [-0.4, -0.2) is 39.1 Å². The van der Waals surface area contributed by atoms with E-state index in [1.54, 1.807) is 63.5 Å². The topological polar surface area (TPSA) is 149 Å². The summed E-state index contributed by atoms with van der Waals surface area (Å²) < 4.78 is 21.9. The van der Waals surface area contributed by atoms with Crippen molar-refractivity contribution in [3.8, 4) is 17.1 Å². The average Bonchev–Trinajstić information content (AvgIpc) is 2.95. The lowest BCUT2D eigenvalue weighted by Crippen LogP contribution is -2.24. The Kier molecular flexibility index (Phi) is 9.09. The second-order valence-electron chi connectivity index (χ2n) is 10.4. The highest BCUT2D eigenvalue weighted by Crippen LogP contribution is 2.27. The van der Waals surface area contributed by atoms with E-state index in [0.29, 0.717) is 45.2 Å². The summed E-state index contributed by atoms with van der Waals surface area (Å²) in [7, 11) is 1.50. The molecular weight excluding hydrogens is 547 g/mol. The number of ether oxygens (including phenoxy) is 1. The summed E-state index contributed by atoms with van der Waals surface area (Å²) in [6, 6.07) is 16.7. The third-order valence-electron chi connectivity index (χ3n) is 7.22. The average molecular weight is 581 g/mol. The van der Waals surface area contributed by atoms with Gasteiger partial charge in [-0.25, -0.2) is 4.39 Å². The van der Waals surface area contributed by atoms with Gasteiger partial charge in [-0.15, -0.1) is 0 Å². The Bertz CT molecular complexity index is 1840. The highest BCUT2D eigenvalue weighted by atomic mass is 19.1. The smallest absolute Gasteiger partial charge is 0.255 e. The fraction of sp³-hybridized carbons (Fsp3) is 0.212. The first kappa shape index (κ1) is 30.7. The second kappa shape index (κ2) is 12.7. The molecule has 0 aliphatic rings. The van der Waals surface area contributed by atoms with E-state index in [1.165, 1.54) is 52.6 Å². The second-order valence-corrected chi connectivity index (χ2v) is 10.4. The lowest BCUT2D eigenvalue weighted by atomic mass is 9.87. The Hall–Kier alpha value is -5.25. The fourth-order valence-corrected chi connectivity index (χ4v) is 5.23. The molecule has 4 aromatic rings. The van der Waals surface area contributed by atoms with Gasteiger partial charge in [-0.05, 0) is 67.8 Å². The number of halogens is 1. The standard InChI is InChI=1S/C33H33FN6O3/c1-19(35)32(20(2)36)23-6-13-31(42)40(17-23)27-10-5-22(29(16-27)43-4)15-28(38)33(21(3)37)24-7-14-30(41)39(18-24)26-11-8-25(34)9-12-26/h5-14,16-18,32-33,35-38H,15H2,1-4H3. The molecule has 1 atom stereocenters. The van der Waals surface area contributed by atoms with E-state index in [9.17, 15) is 14.0 Å². The van der Waals surface area contributed by atoms with Gasteiger partial charge < -0.3 is 26.4 Å². The van der Waals surface area contributed by atoms with Gasteiger partial charge in [0.15, 0.2) is 0 Å². The maximum Gasteiger partial charge on any atom is 0.255 e. The molecule has 1 unspecified atom stereocenters. The van der Waals surface area contributed by atoms with Gasteiger partial charge in [-0.3, -0.25) is 18.7 Å². The molecule has 0 radical (unpaired) electrons. The molecule has 0 fully saturated rings. The molecule has 0 spiro atoms. The summed E-state index contributed by atoms with van der Waals surface area (Å²) in [5.41, 5.74) is 3.28. The van der Waals surface area contributed by atoms with E-state index in [2.05, 4.69) is 0 Å². The number of nitrogens with zero attached hydrogens (tertiary/aromatic N) is 2. The lowest BCUT2D eigenvalue weighted by molar-refractivity contribution is 0.410. The highest BCUT2D eigenvalue weighted by molar-refractivity contribution is 6.10. The van der Waals surface area contributed by atoms with Crippen molar-refractivity contribution < 1.29 is 9.13 Å². The van der Waals surface area contributed by atoms with Gasteiger partial charge in [-0.1, -0.05) is 18.2 Å². The molecular formula is C33H33FN6O3. The van der Waals surface area contributed by atoms with Crippen LogP contribution in [0.25, 0.3) is 11.4 Å². The Balaban J connectivity index is 1.67. The number of methoxy groups -OCH3 is 1. The Labute approximate surface area is 248 Å². The van der Waals surface area contributed by atoms with Crippen LogP contribution in [0.1, 0.15) is 49.3 Å². The zero-order valence-electron chi connectivity index (χ0n) is 24.4. The first-order valence-corrected chi connectivity index (χ1v) is 13.5. The predicted octanol–water partition coefficient (Wildman–Crippen LogP) is 5.68. The van der Waals surface area contributed by atoms with Gasteiger partial charge in [0.25, 0.3) is 11.1 Å². The van der Waals surface area contributed by atoms with Crippen molar-refractivity contribution in [3.05, 3.63) is 122 Å². The Morgan fingerprint density at radius 3 is 1.72 bits per heavy atom. The molecule has 2 aromatic carbocycles. The summed E-state index contributed by atoms with van der Waals surface area (Å²) in [6.45, 7) is 4.86. The summed E-state index contributed by atoms with van der Waals surface area (Å²) in [5.74, 6) is -1.23. The van der Waals surface area contributed by atoms with Crippen molar-refractivity contribution in [2.45, 2.75) is 39.0 Å². The van der Waals surface area contributed by atoms with Crippen molar-refractivity contribution in [3.63, 3.8) is 0 Å². The van der Waals surface area contributed by atoms with Gasteiger partial charge in [0, 0.05) is 65.5 Å². The summed E-state index contributed by atoms with van der Waals surface area (Å²) in [4.78, 5) is 25.4. The first-order chi connectivity index (χ1) is 20.4. The van der Waals surface area contributed by atoms with Gasteiger partial charge in [0.05, 0.1) is 24.6 Å². The van der Waals surface area contributed by atoms with Gasteiger partial charge >= 0.3 is 0 Å². The monoisotopic (exact) mass is 580 g/mol. The zero-order chi connectivity index (χ0) is 31.4. The first-order valence-electron chi connectivity index (χ1n) is 13.5. The van der Waals surface area contributed by atoms with E-state index in [1.807, 2.05) is 0 Å². The fourth-order valence-electron chi connectivity index (χ4n) is 5.23. The van der Waals surface area contributed by atoms with E-state index in [-0.39, 0.29) is 29.0 Å². The van der Waals surface area contributed by atoms with E-state index in [0.717, 1.165) is 0 Å². The molecule has 0 saturated carbocycles. The molecule has 4 N–H and O–H groups in total.